The maximum Gasteiger partial charge on any atom is 0.237 e. The van der Waals surface area contributed by atoms with Gasteiger partial charge in [-0.05, 0) is 19.6 Å². The van der Waals surface area contributed by atoms with E-state index in [2.05, 4.69) is 29.7 Å². The van der Waals surface area contributed by atoms with Gasteiger partial charge in [0.05, 0.1) is 12.6 Å². The van der Waals surface area contributed by atoms with Gasteiger partial charge in [0.15, 0.2) is 0 Å². The Labute approximate surface area is 96.8 Å². The summed E-state index contributed by atoms with van der Waals surface area (Å²) in [6.07, 6.45) is 8.15. The van der Waals surface area contributed by atoms with E-state index < -0.39 is 0 Å². The second-order valence-electron chi connectivity index (χ2n) is 3.37. The first-order chi connectivity index (χ1) is 7.15. The van der Waals surface area contributed by atoms with E-state index in [0.717, 1.165) is 12.2 Å². The van der Waals surface area contributed by atoms with E-state index in [0.29, 0.717) is 12.6 Å². The van der Waals surface area contributed by atoms with Gasteiger partial charge in [-0.15, -0.1) is 6.42 Å². The maximum absolute atomic E-state index is 11.5. The van der Waals surface area contributed by atoms with E-state index in [1.54, 1.807) is 11.8 Å². The summed E-state index contributed by atoms with van der Waals surface area (Å²) in [5.41, 5.74) is 0. The molecule has 86 valence electrons. The summed E-state index contributed by atoms with van der Waals surface area (Å²) in [5.74, 6) is 3.36. The Morgan fingerprint density at radius 1 is 1.60 bits per heavy atom. The first-order valence-corrected chi connectivity index (χ1v) is 6.51. The van der Waals surface area contributed by atoms with Crippen molar-refractivity contribution in [1.29, 1.82) is 0 Å². The van der Waals surface area contributed by atoms with E-state index in [-0.39, 0.29) is 11.9 Å². The van der Waals surface area contributed by atoms with E-state index in [1.807, 2.05) is 6.92 Å². The third-order valence-electron chi connectivity index (χ3n) is 2.10. The van der Waals surface area contributed by atoms with Crippen molar-refractivity contribution in [3.8, 4) is 12.3 Å². The highest BCUT2D eigenvalue weighted by Gasteiger charge is 2.15. The van der Waals surface area contributed by atoms with Crippen LogP contribution < -0.4 is 10.6 Å². The molecule has 0 fully saturated rings. The van der Waals surface area contributed by atoms with Crippen molar-refractivity contribution in [2.75, 3.05) is 18.6 Å². The van der Waals surface area contributed by atoms with Gasteiger partial charge in [0, 0.05) is 11.8 Å². The number of rotatable bonds is 7. The van der Waals surface area contributed by atoms with Gasteiger partial charge in [-0.1, -0.05) is 12.8 Å². The van der Waals surface area contributed by atoms with Crippen LogP contribution in [-0.2, 0) is 4.79 Å². The first-order valence-electron chi connectivity index (χ1n) is 5.11. The Morgan fingerprint density at radius 2 is 2.27 bits per heavy atom. The standard InChI is InChI=1S/C11H20N2OS/c1-5-7-12-11(14)9(3)13-10(6-2)8-15-4/h1,9-10,13H,6-8H2,2-4H3,(H,12,14). The van der Waals surface area contributed by atoms with Crippen LogP contribution in [0, 0.1) is 12.3 Å². The van der Waals surface area contributed by atoms with E-state index in [9.17, 15) is 4.79 Å². The zero-order chi connectivity index (χ0) is 11.7. The number of carbonyl (C=O) groups excluding carboxylic acids is 1. The summed E-state index contributed by atoms with van der Waals surface area (Å²) in [4.78, 5) is 11.5. The van der Waals surface area contributed by atoms with Gasteiger partial charge < -0.3 is 10.6 Å². The van der Waals surface area contributed by atoms with Crippen LogP contribution in [0.25, 0.3) is 0 Å². The molecule has 0 spiro atoms. The normalized spacial score (nSPS) is 14.0. The number of thioether (sulfide) groups is 1. The molecule has 0 aromatic heterocycles. The highest BCUT2D eigenvalue weighted by Crippen LogP contribution is 2.02. The summed E-state index contributed by atoms with van der Waals surface area (Å²) in [6, 6.07) is 0.196. The highest BCUT2D eigenvalue weighted by molar-refractivity contribution is 7.98. The molecule has 3 nitrogen and oxygen atoms in total. The largest absolute Gasteiger partial charge is 0.344 e. The molecule has 0 aliphatic heterocycles. The molecule has 1 amide bonds. The molecule has 0 saturated carbocycles. The second kappa shape index (κ2) is 8.63. The summed E-state index contributed by atoms with van der Waals surface area (Å²) in [6.45, 7) is 4.26. The number of nitrogens with one attached hydrogen (secondary N) is 2. The van der Waals surface area contributed by atoms with Gasteiger partial charge in [-0.25, -0.2) is 0 Å². The van der Waals surface area contributed by atoms with Crippen LogP contribution in [-0.4, -0.2) is 36.5 Å². The number of terminal acetylenes is 1. The summed E-state index contributed by atoms with van der Waals surface area (Å²) >= 11 is 1.78. The molecule has 0 aromatic rings. The second-order valence-corrected chi connectivity index (χ2v) is 4.28. The molecule has 15 heavy (non-hydrogen) atoms. The van der Waals surface area contributed by atoms with Crippen LogP contribution in [0.1, 0.15) is 20.3 Å². The topological polar surface area (TPSA) is 41.1 Å². The lowest BCUT2D eigenvalue weighted by atomic mass is 10.2. The zero-order valence-electron chi connectivity index (χ0n) is 9.67. The molecule has 0 rings (SSSR count). The lowest BCUT2D eigenvalue weighted by Gasteiger charge is -2.20. The molecule has 2 atom stereocenters. The number of amides is 1. The SMILES string of the molecule is C#CCNC(=O)C(C)NC(CC)CSC. The predicted octanol–water partition coefficient (Wildman–Crippen LogP) is 0.855. The Balaban J connectivity index is 3.93. The zero-order valence-corrected chi connectivity index (χ0v) is 10.5. The van der Waals surface area contributed by atoms with E-state index in [1.165, 1.54) is 0 Å². The molecule has 0 radical (unpaired) electrons. The third kappa shape index (κ3) is 6.43. The van der Waals surface area contributed by atoms with Gasteiger partial charge in [-0.3, -0.25) is 4.79 Å². The van der Waals surface area contributed by atoms with Crippen molar-refractivity contribution in [1.82, 2.24) is 10.6 Å². The Kier molecular flexibility index (Phi) is 8.25. The first kappa shape index (κ1) is 14.3. The molecule has 0 heterocycles. The number of carbonyl (C=O) groups is 1. The Hall–Kier alpha value is -0.660. The fourth-order valence-corrected chi connectivity index (χ4v) is 1.94. The van der Waals surface area contributed by atoms with Gasteiger partial charge in [0.2, 0.25) is 5.91 Å². The average molecular weight is 228 g/mol. The lowest BCUT2D eigenvalue weighted by molar-refractivity contribution is -0.122. The molecule has 0 saturated heterocycles. The van der Waals surface area contributed by atoms with Crippen LogP contribution in [0.15, 0.2) is 0 Å². The average Bonchev–Trinajstić information content (AvgIpc) is 2.24. The van der Waals surface area contributed by atoms with Crippen molar-refractivity contribution < 1.29 is 4.79 Å². The molecule has 0 aromatic carbocycles. The van der Waals surface area contributed by atoms with E-state index in [4.69, 9.17) is 6.42 Å². The fraction of sp³-hybridized carbons (Fsp3) is 0.727. The quantitative estimate of drug-likeness (QED) is 0.635. The van der Waals surface area contributed by atoms with Crippen molar-refractivity contribution in [2.45, 2.75) is 32.4 Å². The van der Waals surface area contributed by atoms with Crippen molar-refractivity contribution in [2.24, 2.45) is 0 Å². The molecular formula is C11H20N2OS. The minimum Gasteiger partial charge on any atom is -0.344 e. The molecule has 2 unspecified atom stereocenters. The van der Waals surface area contributed by atoms with Crippen molar-refractivity contribution >= 4 is 17.7 Å². The number of hydrogen-bond acceptors (Lipinski definition) is 3. The van der Waals surface area contributed by atoms with Gasteiger partial charge in [0.1, 0.15) is 0 Å². The van der Waals surface area contributed by atoms with Gasteiger partial charge in [-0.2, -0.15) is 11.8 Å². The van der Waals surface area contributed by atoms with Crippen LogP contribution >= 0.6 is 11.8 Å². The minimum atomic E-state index is -0.185. The summed E-state index contributed by atoms with van der Waals surface area (Å²) in [5, 5.41) is 5.93. The molecule has 2 N–H and O–H groups in total. The Bertz CT molecular complexity index is 225. The van der Waals surface area contributed by atoms with E-state index >= 15 is 0 Å². The molecule has 0 bridgehead atoms. The fourth-order valence-electron chi connectivity index (χ4n) is 1.21. The smallest absolute Gasteiger partial charge is 0.237 e. The summed E-state index contributed by atoms with van der Waals surface area (Å²) in [7, 11) is 0. The van der Waals surface area contributed by atoms with Crippen LogP contribution in [0.2, 0.25) is 0 Å². The highest BCUT2D eigenvalue weighted by atomic mass is 32.2. The molecule has 0 aliphatic rings. The van der Waals surface area contributed by atoms with Crippen LogP contribution in [0.3, 0.4) is 0 Å². The summed E-state index contributed by atoms with van der Waals surface area (Å²) < 4.78 is 0. The van der Waals surface area contributed by atoms with Crippen LogP contribution in [0.5, 0.6) is 0 Å². The van der Waals surface area contributed by atoms with Crippen LogP contribution in [0.4, 0.5) is 0 Å². The van der Waals surface area contributed by atoms with Gasteiger partial charge in [0.25, 0.3) is 0 Å². The molecular weight excluding hydrogens is 208 g/mol. The lowest BCUT2D eigenvalue weighted by Crippen LogP contribution is -2.47. The predicted molar refractivity (Wildman–Crippen MR) is 66.9 cm³/mol. The monoisotopic (exact) mass is 228 g/mol. The molecule has 4 heteroatoms. The van der Waals surface area contributed by atoms with Crippen molar-refractivity contribution in [3.63, 3.8) is 0 Å². The maximum atomic E-state index is 11.5. The van der Waals surface area contributed by atoms with Gasteiger partial charge >= 0.3 is 0 Å². The molecule has 0 aliphatic carbocycles. The number of hydrogen-bond donors (Lipinski definition) is 2. The van der Waals surface area contributed by atoms with Crippen molar-refractivity contribution in [3.05, 3.63) is 0 Å². The minimum absolute atomic E-state index is 0.0347. The Morgan fingerprint density at radius 3 is 2.73 bits per heavy atom. The third-order valence-corrected chi connectivity index (χ3v) is 2.84.